The number of nitrogens with zero attached hydrogens (tertiary/aromatic N) is 4. The highest BCUT2D eigenvalue weighted by atomic mass is 16.2. The average molecular weight is 288 g/mol. The molecule has 0 radical (unpaired) electrons. The van der Waals surface area contributed by atoms with E-state index in [0.717, 1.165) is 19.3 Å². The Kier molecular flexibility index (Phi) is 3.86. The second-order valence-electron chi connectivity index (χ2n) is 5.87. The number of hydrogen-bond donors (Lipinski definition) is 0. The van der Waals surface area contributed by atoms with Gasteiger partial charge in [0.05, 0.1) is 0 Å². The van der Waals surface area contributed by atoms with Crippen molar-refractivity contribution in [2.24, 2.45) is 5.92 Å². The predicted molar refractivity (Wildman–Crippen MR) is 76.5 cm³/mol. The maximum Gasteiger partial charge on any atom is 0.274 e. The first-order valence-electron chi connectivity index (χ1n) is 7.49. The summed E-state index contributed by atoms with van der Waals surface area (Å²) >= 11 is 0. The minimum Gasteiger partial charge on any atom is -0.342 e. The maximum atomic E-state index is 12.4. The number of carbonyl (C=O) groups is 2. The molecule has 3 rings (SSSR count). The molecule has 0 aromatic carbocycles. The molecule has 0 bridgehead atoms. The van der Waals surface area contributed by atoms with E-state index in [1.807, 2.05) is 16.8 Å². The van der Waals surface area contributed by atoms with E-state index >= 15 is 0 Å². The molecule has 0 saturated carbocycles. The first-order chi connectivity index (χ1) is 10.2. The number of aromatic nitrogens is 2. The molecule has 3 heterocycles. The number of rotatable bonds is 1. The van der Waals surface area contributed by atoms with Gasteiger partial charge in [-0.15, -0.1) is 5.10 Å². The summed E-state index contributed by atoms with van der Waals surface area (Å²) in [6.45, 7) is 1.38. The van der Waals surface area contributed by atoms with Gasteiger partial charge >= 0.3 is 0 Å². The van der Waals surface area contributed by atoms with Crippen molar-refractivity contribution in [3.63, 3.8) is 0 Å². The fourth-order valence-electron chi connectivity index (χ4n) is 3.45. The van der Waals surface area contributed by atoms with Crippen molar-refractivity contribution in [2.75, 3.05) is 20.1 Å². The molecule has 2 amide bonds. The molecular weight excluding hydrogens is 268 g/mol. The number of likely N-dealkylation sites (tertiary alicyclic amines) is 2. The van der Waals surface area contributed by atoms with E-state index in [2.05, 4.69) is 10.2 Å². The third-order valence-electron chi connectivity index (χ3n) is 4.63. The van der Waals surface area contributed by atoms with Crippen LogP contribution in [0.15, 0.2) is 18.3 Å². The number of amides is 2. The van der Waals surface area contributed by atoms with Crippen molar-refractivity contribution in [1.29, 1.82) is 0 Å². The number of piperidine rings is 1. The van der Waals surface area contributed by atoms with Gasteiger partial charge in [-0.2, -0.15) is 5.10 Å². The van der Waals surface area contributed by atoms with E-state index in [9.17, 15) is 9.59 Å². The molecule has 6 heteroatoms. The van der Waals surface area contributed by atoms with Crippen molar-refractivity contribution < 1.29 is 9.59 Å². The second-order valence-corrected chi connectivity index (χ2v) is 5.87. The molecule has 2 aliphatic heterocycles. The molecule has 6 nitrogen and oxygen atoms in total. The fourth-order valence-corrected chi connectivity index (χ4v) is 3.45. The van der Waals surface area contributed by atoms with Gasteiger partial charge < -0.3 is 9.80 Å². The molecule has 2 fully saturated rings. The Labute approximate surface area is 124 Å². The van der Waals surface area contributed by atoms with Gasteiger partial charge in [0.2, 0.25) is 5.91 Å². The zero-order valence-corrected chi connectivity index (χ0v) is 12.2. The summed E-state index contributed by atoms with van der Waals surface area (Å²) in [5, 5.41) is 7.67. The highest BCUT2D eigenvalue weighted by Gasteiger charge is 2.37. The average Bonchev–Trinajstić information content (AvgIpc) is 2.67. The fraction of sp³-hybridized carbons (Fsp3) is 0.600. The Balaban J connectivity index is 1.72. The van der Waals surface area contributed by atoms with Crippen molar-refractivity contribution in [3.05, 3.63) is 24.0 Å². The lowest BCUT2D eigenvalue weighted by Gasteiger charge is -2.41. The quantitative estimate of drug-likeness (QED) is 0.771. The van der Waals surface area contributed by atoms with Crippen LogP contribution in [0.4, 0.5) is 0 Å². The molecule has 0 unspecified atom stereocenters. The van der Waals surface area contributed by atoms with Crippen LogP contribution in [0.5, 0.6) is 0 Å². The zero-order valence-electron chi connectivity index (χ0n) is 12.2. The van der Waals surface area contributed by atoms with Crippen LogP contribution in [-0.2, 0) is 4.79 Å². The van der Waals surface area contributed by atoms with Gasteiger partial charge in [-0.1, -0.05) is 0 Å². The smallest absolute Gasteiger partial charge is 0.274 e. The van der Waals surface area contributed by atoms with Crippen LogP contribution in [0.3, 0.4) is 0 Å². The topological polar surface area (TPSA) is 66.4 Å². The van der Waals surface area contributed by atoms with Gasteiger partial charge in [-0.25, -0.2) is 0 Å². The second kappa shape index (κ2) is 5.79. The minimum absolute atomic E-state index is 0.0558. The highest BCUT2D eigenvalue weighted by Crippen LogP contribution is 2.30. The Morgan fingerprint density at radius 3 is 3.00 bits per heavy atom. The normalized spacial score (nSPS) is 26.2. The van der Waals surface area contributed by atoms with Crippen LogP contribution in [0, 0.1) is 5.92 Å². The van der Waals surface area contributed by atoms with E-state index in [1.54, 1.807) is 18.3 Å². The summed E-state index contributed by atoms with van der Waals surface area (Å²) in [5.41, 5.74) is 0.397. The lowest BCUT2D eigenvalue weighted by molar-refractivity contribution is -0.132. The van der Waals surface area contributed by atoms with Crippen molar-refractivity contribution in [1.82, 2.24) is 20.0 Å². The summed E-state index contributed by atoms with van der Waals surface area (Å²) in [6, 6.07) is 3.70. The van der Waals surface area contributed by atoms with E-state index in [1.165, 1.54) is 0 Å². The third kappa shape index (κ3) is 2.75. The summed E-state index contributed by atoms with van der Waals surface area (Å²) in [7, 11) is 1.89. The summed E-state index contributed by atoms with van der Waals surface area (Å²) in [5.74, 6) is 0.548. The number of fused-ring (bicyclic) bond motifs is 1. The molecule has 2 aliphatic rings. The van der Waals surface area contributed by atoms with Gasteiger partial charge in [0.15, 0.2) is 5.69 Å². The summed E-state index contributed by atoms with van der Waals surface area (Å²) < 4.78 is 0. The molecular formula is C15H20N4O2. The first kappa shape index (κ1) is 14.0. The van der Waals surface area contributed by atoms with E-state index in [4.69, 9.17) is 0 Å². The van der Waals surface area contributed by atoms with Crippen LogP contribution >= 0.6 is 0 Å². The molecule has 0 N–H and O–H groups in total. The molecule has 1 aromatic rings. The number of hydrogen-bond acceptors (Lipinski definition) is 4. The molecule has 112 valence electrons. The SMILES string of the molecule is CN1C(=O)CCC[C@H]2CN(C(=O)c3cccnn3)CC[C@H]21. The van der Waals surface area contributed by atoms with E-state index in [0.29, 0.717) is 31.1 Å². The Hall–Kier alpha value is -1.98. The van der Waals surface area contributed by atoms with Crippen molar-refractivity contribution in [2.45, 2.75) is 31.7 Å². The van der Waals surface area contributed by atoms with Gasteiger partial charge in [-0.3, -0.25) is 9.59 Å². The van der Waals surface area contributed by atoms with Gasteiger partial charge in [0.1, 0.15) is 0 Å². The van der Waals surface area contributed by atoms with E-state index < -0.39 is 0 Å². The van der Waals surface area contributed by atoms with Crippen LogP contribution in [0.1, 0.15) is 36.2 Å². The Morgan fingerprint density at radius 1 is 1.38 bits per heavy atom. The minimum atomic E-state index is -0.0558. The Morgan fingerprint density at radius 2 is 2.24 bits per heavy atom. The molecule has 0 aliphatic carbocycles. The van der Waals surface area contributed by atoms with Crippen LogP contribution < -0.4 is 0 Å². The van der Waals surface area contributed by atoms with Crippen LogP contribution in [-0.4, -0.2) is 58.0 Å². The third-order valence-corrected chi connectivity index (χ3v) is 4.63. The summed E-state index contributed by atoms with van der Waals surface area (Å²) in [6.07, 6.45) is 4.96. The monoisotopic (exact) mass is 288 g/mol. The van der Waals surface area contributed by atoms with E-state index in [-0.39, 0.29) is 17.9 Å². The largest absolute Gasteiger partial charge is 0.342 e. The zero-order chi connectivity index (χ0) is 14.8. The molecule has 2 saturated heterocycles. The molecule has 21 heavy (non-hydrogen) atoms. The lowest BCUT2D eigenvalue weighted by Crippen LogP contribution is -2.51. The Bertz CT molecular complexity index is 534. The van der Waals surface area contributed by atoms with Crippen LogP contribution in [0.25, 0.3) is 0 Å². The van der Waals surface area contributed by atoms with Gasteiger partial charge in [-0.05, 0) is 37.3 Å². The first-order valence-corrected chi connectivity index (χ1v) is 7.49. The number of carbonyl (C=O) groups excluding carboxylic acids is 2. The maximum absolute atomic E-state index is 12.4. The molecule has 2 atom stereocenters. The van der Waals surface area contributed by atoms with Crippen LogP contribution in [0.2, 0.25) is 0 Å². The predicted octanol–water partition coefficient (Wildman–Crippen LogP) is 0.950. The highest BCUT2D eigenvalue weighted by molar-refractivity contribution is 5.92. The summed E-state index contributed by atoms with van der Waals surface area (Å²) in [4.78, 5) is 28.1. The standard InChI is InChI=1S/C15H20N4O2/c1-18-13-7-9-19(10-11(13)4-2-6-14(18)20)15(21)12-5-3-8-16-17-12/h3,5,8,11,13H,2,4,6-7,9-10H2,1H3/t11-,13+/m0/s1. The van der Waals surface area contributed by atoms with Gasteiger partial charge in [0.25, 0.3) is 5.91 Å². The van der Waals surface area contributed by atoms with Gasteiger partial charge in [0, 0.05) is 38.8 Å². The molecule has 1 aromatic heterocycles. The van der Waals surface area contributed by atoms with Crippen molar-refractivity contribution in [3.8, 4) is 0 Å². The molecule has 0 spiro atoms. The van der Waals surface area contributed by atoms with Crippen molar-refractivity contribution >= 4 is 11.8 Å². The lowest BCUT2D eigenvalue weighted by atomic mass is 9.88.